The van der Waals surface area contributed by atoms with Gasteiger partial charge in [-0.2, -0.15) is 10.1 Å². The van der Waals surface area contributed by atoms with Crippen LogP contribution in [0.2, 0.25) is 5.02 Å². The zero-order valence-corrected chi connectivity index (χ0v) is 13.1. The van der Waals surface area contributed by atoms with Gasteiger partial charge in [0.2, 0.25) is 11.8 Å². The number of piperidine rings is 1. The van der Waals surface area contributed by atoms with Crippen LogP contribution in [0.15, 0.2) is 36.9 Å². The first-order valence-corrected chi connectivity index (χ1v) is 7.85. The lowest BCUT2D eigenvalue weighted by Crippen LogP contribution is -2.39. The largest absolute Gasteiger partial charge is 0.474 e. The standard InChI is InChI=1S/C15H15ClN6O/c16-11-9-17-15(18-10-11)21-6-2-12(3-7-21)23-14-4-8-22-13(20-14)1-5-19-22/h1,4-5,8-10,12H,2-3,6-7H2. The van der Waals surface area contributed by atoms with Crippen LogP contribution in [0.1, 0.15) is 12.8 Å². The summed E-state index contributed by atoms with van der Waals surface area (Å²) in [5.74, 6) is 1.35. The van der Waals surface area contributed by atoms with Gasteiger partial charge in [-0.25, -0.2) is 14.5 Å². The number of anilines is 1. The molecule has 0 bridgehead atoms. The van der Waals surface area contributed by atoms with Crippen molar-refractivity contribution in [3.8, 4) is 5.88 Å². The van der Waals surface area contributed by atoms with Gasteiger partial charge in [0.1, 0.15) is 6.10 Å². The topological polar surface area (TPSA) is 68.4 Å². The monoisotopic (exact) mass is 330 g/mol. The van der Waals surface area contributed by atoms with Gasteiger partial charge in [-0.15, -0.1) is 0 Å². The fraction of sp³-hybridized carbons (Fsp3) is 0.333. The van der Waals surface area contributed by atoms with Gasteiger partial charge in [0.25, 0.3) is 0 Å². The van der Waals surface area contributed by atoms with Crippen molar-refractivity contribution in [3.05, 3.63) is 41.9 Å². The minimum absolute atomic E-state index is 0.149. The van der Waals surface area contributed by atoms with E-state index >= 15 is 0 Å². The number of rotatable bonds is 3. The summed E-state index contributed by atoms with van der Waals surface area (Å²) in [5, 5.41) is 4.67. The second-order valence-electron chi connectivity index (χ2n) is 5.41. The van der Waals surface area contributed by atoms with E-state index in [0.29, 0.717) is 16.9 Å². The Labute approximate surface area is 137 Å². The molecule has 4 rings (SSSR count). The number of fused-ring (bicyclic) bond motifs is 1. The van der Waals surface area contributed by atoms with Crippen molar-refractivity contribution < 1.29 is 4.74 Å². The molecule has 0 aromatic carbocycles. The van der Waals surface area contributed by atoms with Crippen molar-refractivity contribution in [3.63, 3.8) is 0 Å². The highest BCUT2D eigenvalue weighted by atomic mass is 35.5. The Kier molecular flexibility index (Phi) is 3.70. The normalized spacial score (nSPS) is 16.0. The molecule has 1 aliphatic heterocycles. The Morgan fingerprint density at radius 2 is 1.91 bits per heavy atom. The highest BCUT2D eigenvalue weighted by Crippen LogP contribution is 2.20. The van der Waals surface area contributed by atoms with Gasteiger partial charge in [-0.1, -0.05) is 11.6 Å². The van der Waals surface area contributed by atoms with Gasteiger partial charge >= 0.3 is 0 Å². The van der Waals surface area contributed by atoms with E-state index in [1.807, 2.05) is 18.3 Å². The molecule has 3 aromatic rings. The molecule has 0 spiro atoms. The Hall–Kier alpha value is -2.41. The Bertz CT molecular complexity index is 797. The molecule has 0 unspecified atom stereocenters. The summed E-state index contributed by atoms with van der Waals surface area (Å²) in [6.07, 6.45) is 8.77. The second-order valence-corrected chi connectivity index (χ2v) is 5.84. The summed E-state index contributed by atoms with van der Waals surface area (Å²) in [6.45, 7) is 1.70. The summed E-state index contributed by atoms with van der Waals surface area (Å²) in [7, 11) is 0. The molecule has 1 saturated heterocycles. The molecular formula is C15H15ClN6O. The van der Waals surface area contributed by atoms with Gasteiger partial charge in [-0.05, 0) is 0 Å². The van der Waals surface area contributed by atoms with Gasteiger partial charge in [0.05, 0.1) is 23.6 Å². The highest BCUT2D eigenvalue weighted by Gasteiger charge is 2.22. The molecule has 0 atom stereocenters. The molecule has 1 fully saturated rings. The maximum absolute atomic E-state index is 6.00. The number of nitrogens with zero attached hydrogens (tertiary/aromatic N) is 6. The van der Waals surface area contributed by atoms with Crippen molar-refractivity contribution >= 4 is 23.2 Å². The summed E-state index contributed by atoms with van der Waals surface area (Å²) in [6, 6.07) is 3.70. The van der Waals surface area contributed by atoms with Crippen molar-refractivity contribution in [1.29, 1.82) is 0 Å². The van der Waals surface area contributed by atoms with Gasteiger partial charge in [0.15, 0.2) is 5.65 Å². The molecule has 4 heterocycles. The van der Waals surface area contributed by atoms with E-state index in [4.69, 9.17) is 16.3 Å². The van der Waals surface area contributed by atoms with E-state index in [9.17, 15) is 0 Å². The third-order valence-corrected chi connectivity index (χ3v) is 4.05. The molecule has 3 aromatic heterocycles. The minimum atomic E-state index is 0.149. The second kappa shape index (κ2) is 6.00. The SMILES string of the molecule is Clc1cnc(N2CCC(Oc3ccn4nccc4n3)CC2)nc1. The maximum atomic E-state index is 6.00. The van der Waals surface area contributed by atoms with Crippen molar-refractivity contribution in [1.82, 2.24) is 24.6 Å². The first-order chi connectivity index (χ1) is 11.3. The van der Waals surface area contributed by atoms with Crippen LogP contribution >= 0.6 is 11.6 Å². The Balaban J connectivity index is 1.38. The molecular weight excluding hydrogens is 316 g/mol. The zero-order chi connectivity index (χ0) is 15.6. The van der Waals surface area contributed by atoms with Gasteiger partial charge < -0.3 is 9.64 Å². The molecule has 118 valence electrons. The highest BCUT2D eigenvalue weighted by molar-refractivity contribution is 6.30. The first-order valence-electron chi connectivity index (χ1n) is 7.47. The summed E-state index contributed by atoms with van der Waals surface area (Å²) < 4.78 is 7.71. The quantitative estimate of drug-likeness (QED) is 0.733. The molecule has 0 N–H and O–H groups in total. The predicted molar refractivity (Wildman–Crippen MR) is 85.9 cm³/mol. The molecule has 7 nitrogen and oxygen atoms in total. The van der Waals surface area contributed by atoms with Crippen LogP contribution in [0.25, 0.3) is 5.65 Å². The molecule has 8 heteroatoms. The fourth-order valence-electron chi connectivity index (χ4n) is 2.67. The molecule has 23 heavy (non-hydrogen) atoms. The average molecular weight is 331 g/mol. The molecule has 0 amide bonds. The van der Waals surface area contributed by atoms with Crippen LogP contribution in [0.5, 0.6) is 5.88 Å². The molecule has 0 aliphatic carbocycles. The lowest BCUT2D eigenvalue weighted by Gasteiger charge is -2.31. The van der Waals surface area contributed by atoms with Crippen molar-refractivity contribution in [2.75, 3.05) is 18.0 Å². The molecule has 1 aliphatic rings. The van der Waals surface area contributed by atoms with Crippen LogP contribution in [0.3, 0.4) is 0 Å². The Morgan fingerprint density at radius 1 is 1.13 bits per heavy atom. The molecule has 0 radical (unpaired) electrons. The summed E-state index contributed by atoms with van der Waals surface area (Å²) >= 11 is 5.82. The molecule has 0 saturated carbocycles. The van der Waals surface area contributed by atoms with Crippen LogP contribution in [-0.4, -0.2) is 43.8 Å². The summed E-state index contributed by atoms with van der Waals surface area (Å²) in [5.41, 5.74) is 0.787. The van der Waals surface area contributed by atoms with Crippen LogP contribution < -0.4 is 9.64 Å². The average Bonchev–Trinajstić information content (AvgIpc) is 3.04. The van der Waals surface area contributed by atoms with Crippen molar-refractivity contribution in [2.24, 2.45) is 0 Å². The minimum Gasteiger partial charge on any atom is -0.474 e. The van der Waals surface area contributed by atoms with E-state index in [-0.39, 0.29) is 6.10 Å². The number of ether oxygens (including phenoxy) is 1. The van der Waals surface area contributed by atoms with Crippen LogP contribution in [-0.2, 0) is 0 Å². The lowest BCUT2D eigenvalue weighted by molar-refractivity contribution is 0.163. The Morgan fingerprint density at radius 3 is 2.70 bits per heavy atom. The number of hydrogen-bond acceptors (Lipinski definition) is 6. The number of hydrogen-bond donors (Lipinski definition) is 0. The van der Waals surface area contributed by atoms with Gasteiger partial charge in [-0.3, -0.25) is 0 Å². The van der Waals surface area contributed by atoms with E-state index in [1.165, 1.54) is 0 Å². The maximum Gasteiger partial charge on any atom is 0.225 e. The number of aromatic nitrogens is 5. The van der Waals surface area contributed by atoms with Crippen LogP contribution in [0, 0.1) is 0 Å². The predicted octanol–water partition coefficient (Wildman–Crippen LogP) is 2.22. The van der Waals surface area contributed by atoms with E-state index in [1.54, 1.807) is 23.1 Å². The van der Waals surface area contributed by atoms with E-state index in [0.717, 1.165) is 31.6 Å². The van der Waals surface area contributed by atoms with Crippen LogP contribution in [0.4, 0.5) is 5.95 Å². The van der Waals surface area contributed by atoms with Crippen molar-refractivity contribution in [2.45, 2.75) is 18.9 Å². The van der Waals surface area contributed by atoms with Gasteiger partial charge in [0, 0.05) is 44.3 Å². The van der Waals surface area contributed by atoms with E-state index < -0.39 is 0 Å². The summed E-state index contributed by atoms with van der Waals surface area (Å²) in [4.78, 5) is 15.1. The third-order valence-electron chi connectivity index (χ3n) is 3.85. The zero-order valence-electron chi connectivity index (χ0n) is 12.3. The first kappa shape index (κ1) is 14.2. The third kappa shape index (κ3) is 3.05. The lowest BCUT2D eigenvalue weighted by atomic mass is 10.1. The smallest absolute Gasteiger partial charge is 0.225 e. The van der Waals surface area contributed by atoms with E-state index in [2.05, 4.69) is 25.0 Å². The fourth-order valence-corrected chi connectivity index (χ4v) is 2.77. The number of halogens is 1.